The second-order valence-electron chi connectivity index (χ2n) is 5.65. The lowest BCUT2D eigenvalue weighted by Crippen LogP contribution is -2.21. The van der Waals surface area contributed by atoms with Crippen LogP contribution in [0.2, 0.25) is 0 Å². The van der Waals surface area contributed by atoms with Gasteiger partial charge in [0.1, 0.15) is 5.75 Å². The molecule has 2 aromatic rings. The van der Waals surface area contributed by atoms with E-state index in [-0.39, 0.29) is 18.3 Å². The first-order valence-electron chi connectivity index (χ1n) is 7.49. The van der Waals surface area contributed by atoms with Crippen LogP contribution >= 0.6 is 31.9 Å². The number of nitrogens with one attached hydrogen (secondary N) is 1. The molecule has 1 N–H and O–H groups in total. The number of Topliss-reactive ketones (excluding diaryl/α,β-unsaturated/α-hetero) is 1. The molecule has 3 rings (SSSR count). The molecule has 1 amide bonds. The van der Waals surface area contributed by atoms with Crippen LogP contribution in [0.15, 0.2) is 39.3 Å². The Bertz CT molecular complexity index is 810. The molecule has 1 aliphatic rings. The van der Waals surface area contributed by atoms with Gasteiger partial charge in [-0.1, -0.05) is 12.1 Å². The van der Waals surface area contributed by atoms with Gasteiger partial charge in [-0.3, -0.25) is 9.59 Å². The lowest BCUT2D eigenvalue weighted by atomic mass is 10.1. The van der Waals surface area contributed by atoms with Crippen LogP contribution in [0.1, 0.15) is 27.9 Å². The Morgan fingerprint density at radius 2 is 1.92 bits per heavy atom. The van der Waals surface area contributed by atoms with Gasteiger partial charge < -0.3 is 10.1 Å². The minimum absolute atomic E-state index is 0.114. The molecular weight excluding hydrogens is 438 g/mol. The van der Waals surface area contributed by atoms with Gasteiger partial charge in [0.15, 0.2) is 12.4 Å². The third-order valence-corrected chi connectivity index (χ3v) is 5.10. The highest BCUT2D eigenvalue weighted by Crippen LogP contribution is 2.33. The van der Waals surface area contributed by atoms with E-state index in [4.69, 9.17) is 4.74 Å². The van der Waals surface area contributed by atoms with Crippen molar-refractivity contribution in [1.82, 2.24) is 0 Å². The number of rotatable bonds is 4. The number of amides is 1. The molecule has 0 radical (unpaired) electrons. The van der Waals surface area contributed by atoms with Crippen molar-refractivity contribution in [2.75, 3.05) is 11.9 Å². The fourth-order valence-electron chi connectivity index (χ4n) is 2.73. The summed E-state index contributed by atoms with van der Waals surface area (Å²) < 4.78 is 7.24. The number of halogens is 2. The maximum Gasteiger partial charge on any atom is 0.262 e. The highest BCUT2D eigenvalue weighted by molar-refractivity contribution is 9.11. The first-order valence-corrected chi connectivity index (χ1v) is 9.07. The molecule has 6 heteroatoms. The number of hydrogen-bond donors (Lipinski definition) is 1. The van der Waals surface area contributed by atoms with E-state index in [1.54, 1.807) is 18.2 Å². The van der Waals surface area contributed by atoms with Crippen LogP contribution in [0.25, 0.3) is 0 Å². The lowest BCUT2D eigenvalue weighted by Gasteiger charge is -2.13. The van der Waals surface area contributed by atoms with Crippen LogP contribution in [-0.4, -0.2) is 18.3 Å². The van der Waals surface area contributed by atoms with Gasteiger partial charge in [0.2, 0.25) is 0 Å². The van der Waals surface area contributed by atoms with E-state index < -0.39 is 0 Å². The zero-order chi connectivity index (χ0) is 17.3. The van der Waals surface area contributed by atoms with Crippen LogP contribution in [0.3, 0.4) is 0 Å². The van der Waals surface area contributed by atoms with Crippen LogP contribution < -0.4 is 10.1 Å². The Morgan fingerprint density at radius 1 is 1.21 bits per heavy atom. The highest BCUT2D eigenvalue weighted by Gasteiger charge is 2.23. The second-order valence-corrected chi connectivity index (χ2v) is 7.35. The van der Waals surface area contributed by atoms with Crippen molar-refractivity contribution in [3.63, 3.8) is 0 Å². The quantitative estimate of drug-likeness (QED) is 0.733. The molecule has 0 bridgehead atoms. The number of carbonyl (C=O) groups excluding carboxylic acids is 2. The third-order valence-electron chi connectivity index (χ3n) is 3.85. The predicted molar refractivity (Wildman–Crippen MR) is 99.8 cm³/mol. The molecule has 24 heavy (non-hydrogen) atoms. The first kappa shape index (κ1) is 17.2. The fraction of sp³-hybridized carbons (Fsp3) is 0.222. The number of anilines is 1. The minimum Gasteiger partial charge on any atom is -0.483 e. The van der Waals surface area contributed by atoms with Crippen molar-refractivity contribution in [3.8, 4) is 5.75 Å². The molecule has 124 valence electrons. The van der Waals surface area contributed by atoms with E-state index in [1.807, 2.05) is 19.1 Å². The maximum atomic E-state index is 12.2. The highest BCUT2D eigenvalue weighted by atomic mass is 79.9. The Morgan fingerprint density at radius 3 is 2.62 bits per heavy atom. The minimum atomic E-state index is -0.262. The number of carbonyl (C=O) groups is 2. The Hall–Kier alpha value is -1.66. The number of fused-ring (bicyclic) bond motifs is 1. The Kier molecular flexibility index (Phi) is 5.06. The summed E-state index contributed by atoms with van der Waals surface area (Å²) in [5.74, 6) is 0.477. The van der Waals surface area contributed by atoms with Crippen molar-refractivity contribution in [3.05, 3.63) is 56.0 Å². The Balaban J connectivity index is 1.68. The van der Waals surface area contributed by atoms with E-state index in [1.165, 1.54) is 0 Å². The van der Waals surface area contributed by atoms with Gasteiger partial charge in [-0.15, -0.1) is 0 Å². The molecule has 0 atom stereocenters. The molecule has 0 aromatic heterocycles. The lowest BCUT2D eigenvalue weighted by molar-refractivity contribution is -0.118. The molecule has 4 nitrogen and oxygen atoms in total. The summed E-state index contributed by atoms with van der Waals surface area (Å²) in [6.07, 6.45) is 1.17. The summed E-state index contributed by atoms with van der Waals surface area (Å²) in [5, 5.41) is 2.83. The van der Waals surface area contributed by atoms with E-state index >= 15 is 0 Å². The van der Waals surface area contributed by atoms with Gasteiger partial charge in [-0.25, -0.2) is 0 Å². The van der Waals surface area contributed by atoms with Gasteiger partial charge in [0, 0.05) is 26.5 Å². The van der Waals surface area contributed by atoms with Crippen molar-refractivity contribution in [2.24, 2.45) is 0 Å². The topological polar surface area (TPSA) is 55.4 Å². The van der Waals surface area contributed by atoms with Gasteiger partial charge in [0.05, 0.1) is 5.69 Å². The summed E-state index contributed by atoms with van der Waals surface area (Å²) in [4.78, 5) is 23.9. The summed E-state index contributed by atoms with van der Waals surface area (Å²) in [7, 11) is 0. The molecular formula is C18H15Br2NO3. The summed E-state index contributed by atoms with van der Waals surface area (Å²) in [6, 6.07) is 9.23. The molecule has 1 aliphatic carbocycles. The average molecular weight is 453 g/mol. The predicted octanol–water partition coefficient (Wildman–Crippen LogP) is 4.67. The third kappa shape index (κ3) is 3.54. The van der Waals surface area contributed by atoms with E-state index in [2.05, 4.69) is 37.2 Å². The van der Waals surface area contributed by atoms with E-state index in [9.17, 15) is 9.59 Å². The summed E-state index contributed by atoms with van der Waals surface area (Å²) >= 11 is 6.89. The Labute approximate surface area is 156 Å². The van der Waals surface area contributed by atoms with Crippen molar-refractivity contribution in [1.29, 1.82) is 0 Å². The first-order chi connectivity index (χ1) is 11.5. The number of ether oxygens (including phenoxy) is 1. The number of benzene rings is 2. The van der Waals surface area contributed by atoms with E-state index in [0.29, 0.717) is 29.8 Å². The second kappa shape index (κ2) is 7.07. The molecule has 2 aromatic carbocycles. The average Bonchev–Trinajstić information content (AvgIpc) is 2.91. The summed E-state index contributed by atoms with van der Waals surface area (Å²) in [6.45, 7) is 1.86. The monoisotopic (exact) mass is 451 g/mol. The zero-order valence-corrected chi connectivity index (χ0v) is 16.2. The van der Waals surface area contributed by atoms with Gasteiger partial charge in [-0.05, 0) is 69.0 Å². The van der Waals surface area contributed by atoms with Crippen molar-refractivity contribution < 1.29 is 14.3 Å². The molecule has 0 spiro atoms. The van der Waals surface area contributed by atoms with Gasteiger partial charge in [-0.2, -0.15) is 0 Å². The van der Waals surface area contributed by atoms with Crippen LogP contribution in [0.4, 0.5) is 5.69 Å². The molecule has 0 unspecified atom stereocenters. The number of hydrogen-bond acceptors (Lipinski definition) is 3. The van der Waals surface area contributed by atoms with Crippen molar-refractivity contribution >= 4 is 49.2 Å². The van der Waals surface area contributed by atoms with Crippen LogP contribution in [-0.2, 0) is 11.2 Å². The molecule has 0 saturated carbocycles. The largest absolute Gasteiger partial charge is 0.483 e. The number of aryl methyl sites for hydroxylation is 1. The maximum absolute atomic E-state index is 12.2. The van der Waals surface area contributed by atoms with Crippen LogP contribution in [0, 0.1) is 6.92 Å². The van der Waals surface area contributed by atoms with Gasteiger partial charge in [0.25, 0.3) is 5.91 Å². The smallest absolute Gasteiger partial charge is 0.262 e. The normalized spacial score (nSPS) is 12.9. The van der Waals surface area contributed by atoms with E-state index in [0.717, 1.165) is 20.1 Å². The molecule has 0 aliphatic heterocycles. The van der Waals surface area contributed by atoms with Gasteiger partial charge >= 0.3 is 0 Å². The molecule has 0 saturated heterocycles. The number of ketones is 1. The van der Waals surface area contributed by atoms with Crippen LogP contribution in [0.5, 0.6) is 5.75 Å². The van der Waals surface area contributed by atoms with Crippen molar-refractivity contribution in [2.45, 2.75) is 19.8 Å². The molecule has 0 fully saturated rings. The fourth-order valence-corrected chi connectivity index (χ4v) is 4.34. The standard InChI is InChI=1S/C18H15Br2NO3/c1-10-7-13(19)18(14(20)8-10)21-17(23)9-24-16-4-2-3-11-12(16)5-6-15(11)22/h2-4,7-8H,5-6,9H2,1H3,(H,21,23). The summed E-state index contributed by atoms with van der Waals surface area (Å²) in [5.41, 5.74) is 3.35. The molecule has 0 heterocycles. The SMILES string of the molecule is Cc1cc(Br)c(NC(=O)COc2cccc3c2CCC3=O)c(Br)c1. The zero-order valence-electron chi connectivity index (χ0n) is 13.0.